The minimum Gasteiger partial charge on any atom is -0.478 e. The third-order valence-corrected chi connectivity index (χ3v) is 2.50. The topological polar surface area (TPSA) is 62.5 Å². The Hall–Kier alpha value is -1.29. The van der Waals surface area contributed by atoms with Crippen LogP contribution >= 0.6 is 0 Å². The molecule has 0 fully saturated rings. The highest BCUT2D eigenvalue weighted by Crippen LogP contribution is 2.08. The fourth-order valence-corrected chi connectivity index (χ4v) is 1.08. The minimum absolute atomic E-state index is 0.198. The van der Waals surface area contributed by atoms with Crippen molar-refractivity contribution in [2.45, 2.75) is 33.4 Å². The van der Waals surface area contributed by atoms with Crippen LogP contribution in [0, 0.1) is 5.92 Å². The van der Waals surface area contributed by atoms with Crippen LogP contribution in [0.25, 0.3) is 0 Å². The lowest BCUT2D eigenvalue weighted by molar-refractivity contribution is 0.0696. The van der Waals surface area contributed by atoms with Gasteiger partial charge < -0.3 is 14.8 Å². The Kier molecular flexibility index (Phi) is 3.91. The molecule has 4 nitrogen and oxygen atoms in total. The molecule has 0 aliphatic rings. The van der Waals surface area contributed by atoms with Crippen molar-refractivity contribution in [2.75, 3.05) is 0 Å². The van der Waals surface area contributed by atoms with Gasteiger partial charge in [-0.15, -0.1) is 0 Å². The quantitative estimate of drug-likeness (QED) is 0.783. The monoisotopic (exact) mass is 211 g/mol. The molecule has 1 atom stereocenters. The zero-order valence-corrected chi connectivity index (χ0v) is 9.28. The third kappa shape index (κ3) is 3.40. The summed E-state index contributed by atoms with van der Waals surface area (Å²) in [5.41, 5.74) is 0.198. The molecule has 0 aliphatic heterocycles. The fourth-order valence-electron chi connectivity index (χ4n) is 1.08. The number of furan rings is 1. The second-order valence-corrected chi connectivity index (χ2v) is 4.02. The van der Waals surface area contributed by atoms with Crippen LogP contribution in [0.5, 0.6) is 0 Å². The summed E-state index contributed by atoms with van der Waals surface area (Å²) in [6, 6.07) is 1.92. The molecule has 4 heteroatoms. The molecule has 0 aliphatic carbocycles. The van der Waals surface area contributed by atoms with E-state index in [4.69, 9.17) is 9.52 Å². The number of carbonyl (C=O) groups is 1. The van der Waals surface area contributed by atoms with E-state index in [2.05, 4.69) is 26.1 Å². The number of aromatic carboxylic acids is 1. The maximum Gasteiger partial charge on any atom is 0.338 e. The molecule has 15 heavy (non-hydrogen) atoms. The minimum atomic E-state index is -0.957. The van der Waals surface area contributed by atoms with Crippen LogP contribution in [0.3, 0.4) is 0 Å². The Balaban J connectivity index is 2.48. The molecule has 84 valence electrons. The molecule has 0 saturated heterocycles. The van der Waals surface area contributed by atoms with Crippen LogP contribution < -0.4 is 5.32 Å². The average Bonchev–Trinajstić information content (AvgIpc) is 2.62. The smallest absolute Gasteiger partial charge is 0.338 e. The van der Waals surface area contributed by atoms with Crippen molar-refractivity contribution in [3.63, 3.8) is 0 Å². The molecule has 1 aromatic rings. The van der Waals surface area contributed by atoms with Crippen molar-refractivity contribution in [3.8, 4) is 0 Å². The molecule has 1 heterocycles. The van der Waals surface area contributed by atoms with Crippen LogP contribution in [-0.2, 0) is 6.54 Å². The van der Waals surface area contributed by atoms with E-state index in [0.29, 0.717) is 24.3 Å². The lowest BCUT2D eigenvalue weighted by atomic mass is 10.1. The van der Waals surface area contributed by atoms with Crippen molar-refractivity contribution >= 4 is 5.97 Å². The van der Waals surface area contributed by atoms with Gasteiger partial charge in [0.25, 0.3) is 0 Å². The first-order valence-electron chi connectivity index (χ1n) is 5.04. The molecule has 1 unspecified atom stereocenters. The summed E-state index contributed by atoms with van der Waals surface area (Å²) >= 11 is 0. The van der Waals surface area contributed by atoms with Crippen LogP contribution in [0.2, 0.25) is 0 Å². The maximum absolute atomic E-state index is 10.6. The van der Waals surface area contributed by atoms with Gasteiger partial charge in [0.05, 0.1) is 12.1 Å². The molecular formula is C11H17NO3. The van der Waals surface area contributed by atoms with E-state index in [-0.39, 0.29) is 5.56 Å². The molecule has 0 radical (unpaired) electrons. The van der Waals surface area contributed by atoms with Gasteiger partial charge in [0.1, 0.15) is 12.0 Å². The summed E-state index contributed by atoms with van der Waals surface area (Å²) < 4.78 is 5.11. The molecule has 0 bridgehead atoms. The van der Waals surface area contributed by atoms with E-state index in [1.807, 2.05) is 0 Å². The number of rotatable bonds is 5. The number of hydrogen-bond acceptors (Lipinski definition) is 3. The number of nitrogens with one attached hydrogen (secondary N) is 1. The molecule has 1 aromatic heterocycles. The lowest BCUT2D eigenvalue weighted by Gasteiger charge is -2.16. The Bertz CT molecular complexity index is 330. The molecule has 0 amide bonds. The van der Waals surface area contributed by atoms with Gasteiger partial charge in [0.2, 0.25) is 0 Å². The van der Waals surface area contributed by atoms with Gasteiger partial charge in [-0.05, 0) is 18.9 Å². The van der Waals surface area contributed by atoms with Crippen LogP contribution in [0.1, 0.15) is 36.9 Å². The molecule has 0 saturated carbocycles. The van der Waals surface area contributed by atoms with Gasteiger partial charge >= 0.3 is 5.97 Å². The fraction of sp³-hybridized carbons (Fsp3) is 0.545. The highest BCUT2D eigenvalue weighted by molar-refractivity contribution is 5.87. The highest BCUT2D eigenvalue weighted by Gasteiger charge is 2.10. The second-order valence-electron chi connectivity index (χ2n) is 4.02. The summed E-state index contributed by atoms with van der Waals surface area (Å²) in [7, 11) is 0. The maximum atomic E-state index is 10.6. The van der Waals surface area contributed by atoms with Crippen molar-refractivity contribution in [2.24, 2.45) is 5.92 Å². The predicted octanol–water partition coefficient (Wildman–Crippen LogP) is 2.11. The van der Waals surface area contributed by atoms with Crippen LogP contribution in [-0.4, -0.2) is 17.1 Å². The van der Waals surface area contributed by atoms with Gasteiger partial charge in [-0.25, -0.2) is 4.79 Å². The highest BCUT2D eigenvalue weighted by atomic mass is 16.4. The van der Waals surface area contributed by atoms with E-state index in [0.717, 1.165) is 0 Å². The zero-order valence-electron chi connectivity index (χ0n) is 9.28. The first-order chi connectivity index (χ1) is 7.00. The Morgan fingerprint density at radius 1 is 1.53 bits per heavy atom. The van der Waals surface area contributed by atoms with Gasteiger partial charge in [-0.1, -0.05) is 13.8 Å². The molecule has 0 aromatic carbocycles. The van der Waals surface area contributed by atoms with Gasteiger partial charge in [0, 0.05) is 6.04 Å². The number of hydrogen-bond donors (Lipinski definition) is 2. The van der Waals surface area contributed by atoms with Gasteiger partial charge in [-0.2, -0.15) is 0 Å². The van der Waals surface area contributed by atoms with Crippen molar-refractivity contribution in [1.82, 2.24) is 5.32 Å². The molecule has 2 N–H and O–H groups in total. The average molecular weight is 211 g/mol. The normalized spacial score (nSPS) is 13.1. The summed E-state index contributed by atoms with van der Waals surface area (Å²) in [5.74, 6) is 0.237. The number of carboxylic acid groups (broad SMARTS) is 1. The Labute approximate surface area is 89.3 Å². The zero-order chi connectivity index (χ0) is 11.4. The summed E-state index contributed by atoms with van der Waals surface area (Å²) in [4.78, 5) is 10.6. The molecular weight excluding hydrogens is 194 g/mol. The summed E-state index contributed by atoms with van der Waals surface area (Å²) in [6.07, 6.45) is 1.26. The standard InChI is InChI=1S/C11H17NO3/c1-7(2)8(3)12-5-10-4-9(6-15-10)11(13)14/h4,6-8,12H,5H2,1-3H3,(H,13,14). The summed E-state index contributed by atoms with van der Waals surface area (Å²) in [5, 5.41) is 11.9. The van der Waals surface area contributed by atoms with Crippen molar-refractivity contribution in [3.05, 3.63) is 23.7 Å². The Morgan fingerprint density at radius 3 is 2.67 bits per heavy atom. The van der Waals surface area contributed by atoms with Crippen LogP contribution in [0.4, 0.5) is 0 Å². The van der Waals surface area contributed by atoms with E-state index in [1.54, 1.807) is 6.07 Å². The van der Waals surface area contributed by atoms with Crippen molar-refractivity contribution in [1.29, 1.82) is 0 Å². The first-order valence-corrected chi connectivity index (χ1v) is 5.04. The van der Waals surface area contributed by atoms with E-state index in [1.165, 1.54) is 6.26 Å². The van der Waals surface area contributed by atoms with Gasteiger partial charge in [0.15, 0.2) is 0 Å². The van der Waals surface area contributed by atoms with Gasteiger partial charge in [-0.3, -0.25) is 0 Å². The first kappa shape index (κ1) is 11.8. The van der Waals surface area contributed by atoms with Crippen LogP contribution in [0.15, 0.2) is 16.7 Å². The van der Waals surface area contributed by atoms with Crippen molar-refractivity contribution < 1.29 is 14.3 Å². The van der Waals surface area contributed by atoms with E-state index >= 15 is 0 Å². The SMILES string of the molecule is CC(C)C(C)NCc1cc(C(=O)O)co1. The summed E-state index contributed by atoms with van der Waals surface area (Å²) in [6.45, 7) is 6.91. The molecule has 1 rings (SSSR count). The Morgan fingerprint density at radius 2 is 2.20 bits per heavy atom. The second kappa shape index (κ2) is 4.98. The van der Waals surface area contributed by atoms with E-state index < -0.39 is 5.97 Å². The molecule has 0 spiro atoms. The lowest BCUT2D eigenvalue weighted by Crippen LogP contribution is -2.29. The number of carboxylic acids is 1. The van der Waals surface area contributed by atoms with E-state index in [9.17, 15) is 4.79 Å². The predicted molar refractivity (Wildman–Crippen MR) is 56.8 cm³/mol. The largest absolute Gasteiger partial charge is 0.478 e. The third-order valence-electron chi connectivity index (χ3n) is 2.50.